The van der Waals surface area contributed by atoms with E-state index in [4.69, 9.17) is 32.7 Å². The Labute approximate surface area is 196 Å². The lowest BCUT2D eigenvalue weighted by Gasteiger charge is -2.16. The number of halogens is 2. The molecule has 0 fully saturated rings. The summed E-state index contributed by atoms with van der Waals surface area (Å²) < 4.78 is 13.4. The lowest BCUT2D eigenvalue weighted by Crippen LogP contribution is -2.15. The van der Waals surface area contributed by atoms with Crippen LogP contribution in [0.1, 0.15) is 24.5 Å². The summed E-state index contributed by atoms with van der Waals surface area (Å²) in [5, 5.41) is 16.9. The normalized spacial score (nSPS) is 11.0. The van der Waals surface area contributed by atoms with E-state index in [0.717, 1.165) is 35.0 Å². The van der Waals surface area contributed by atoms with Crippen LogP contribution in [0.5, 0.6) is 11.5 Å². The monoisotopic (exact) mass is 481 g/mol. The molecule has 0 amide bonds. The third kappa shape index (κ3) is 7.28. The molecule has 7 nitrogen and oxygen atoms in total. The fourth-order valence-electron chi connectivity index (χ4n) is 2.80. The SMILES string of the molecule is CCOc1cc(CNCCCSc2nnnn2C)cc(Cl)c1OCc1ccc(Cl)cc1. The summed E-state index contributed by atoms with van der Waals surface area (Å²) in [6.07, 6.45) is 0.992. The van der Waals surface area contributed by atoms with E-state index in [1.165, 1.54) is 0 Å². The highest BCUT2D eigenvalue weighted by Gasteiger charge is 2.13. The predicted molar refractivity (Wildman–Crippen MR) is 124 cm³/mol. The number of ether oxygens (including phenoxy) is 2. The highest BCUT2D eigenvalue weighted by atomic mass is 35.5. The van der Waals surface area contributed by atoms with Gasteiger partial charge in [-0.05, 0) is 65.7 Å². The van der Waals surface area contributed by atoms with Gasteiger partial charge in [-0.2, -0.15) is 0 Å². The maximum absolute atomic E-state index is 6.52. The highest BCUT2D eigenvalue weighted by Crippen LogP contribution is 2.37. The number of thioether (sulfide) groups is 1. The molecule has 1 aromatic heterocycles. The van der Waals surface area contributed by atoms with E-state index >= 15 is 0 Å². The Morgan fingerprint density at radius 3 is 2.61 bits per heavy atom. The zero-order valence-corrected chi connectivity index (χ0v) is 19.8. The number of nitrogens with one attached hydrogen (secondary N) is 1. The maximum Gasteiger partial charge on any atom is 0.209 e. The molecule has 0 aliphatic heterocycles. The highest BCUT2D eigenvalue weighted by molar-refractivity contribution is 7.99. The molecule has 3 rings (SSSR count). The largest absolute Gasteiger partial charge is 0.490 e. The fraction of sp³-hybridized carbons (Fsp3) is 0.381. The van der Waals surface area contributed by atoms with Crippen molar-refractivity contribution in [2.24, 2.45) is 7.05 Å². The number of rotatable bonds is 12. The number of nitrogens with zero attached hydrogens (tertiary/aromatic N) is 4. The summed E-state index contributed by atoms with van der Waals surface area (Å²) in [5.74, 6) is 2.13. The minimum absolute atomic E-state index is 0.382. The Balaban J connectivity index is 1.51. The van der Waals surface area contributed by atoms with Gasteiger partial charge in [0.25, 0.3) is 0 Å². The molecule has 0 bridgehead atoms. The molecule has 31 heavy (non-hydrogen) atoms. The first kappa shape index (κ1) is 23.7. The van der Waals surface area contributed by atoms with E-state index in [2.05, 4.69) is 20.8 Å². The van der Waals surface area contributed by atoms with Crippen LogP contribution >= 0.6 is 35.0 Å². The molecule has 0 saturated heterocycles. The quantitative estimate of drug-likeness (QED) is 0.295. The van der Waals surface area contributed by atoms with Crippen LogP contribution in [0.2, 0.25) is 10.0 Å². The molecule has 0 radical (unpaired) electrons. The van der Waals surface area contributed by atoms with Gasteiger partial charge in [0.1, 0.15) is 6.61 Å². The molecule has 0 unspecified atom stereocenters. The van der Waals surface area contributed by atoms with Gasteiger partial charge in [-0.1, -0.05) is 47.1 Å². The molecule has 1 heterocycles. The van der Waals surface area contributed by atoms with Crippen molar-refractivity contribution in [1.29, 1.82) is 0 Å². The predicted octanol–water partition coefficient (Wildman–Crippen LogP) is 4.77. The minimum atomic E-state index is 0.382. The Kier molecular flexibility index (Phi) is 9.27. The Morgan fingerprint density at radius 1 is 1.10 bits per heavy atom. The van der Waals surface area contributed by atoms with E-state index in [-0.39, 0.29) is 0 Å². The second-order valence-electron chi connectivity index (χ2n) is 6.72. The molecule has 10 heteroatoms. The third-order valence-corrected chi connectivity index (χ3v) is 5.93. The smallest absolute Gasteiger partial charge is 0.209 e. The first-order valence-corrected chi connectivity index (χ1v) is 11.7. The molecule has 1 N–H and O–H groups in total. The summed E-state index contributed by atoms with van der Waals surface area (Å²) in [6, 6.07) is 11.4. The molecule has 0 aliphatic carbocycles. The molecule has 3 aromatic rings. The molecular weight excluding hydrogens is 457 g/mol. The lowest BCUT2D eigenvalue weighted by atomic mass is 10.2. The lowest BCUT2D eigenvalue weighted by molar-refractivity contribution is 0.269. The van der Waals surface area contributed by atoms with Crippen molar-refractivity contribution >= 4 is 35.0 Å². The van der Waals surface area contributed by atoms with Gasteiger partial charge in [0.2, 0.25) is 5.16 Å². The van der Waals surface area contributed by atoms with Gasteiger partial charge in [0.15, 0.2) is 11.5 Å². The molecule has 0 spiro atoms. The minimum Gasteiger partial charge on any atom is -0.490 e. The molecule has 2 aromatic carbocycles. The van der Waals surface area contributed by atoms with Crippen LogP contribution in [-0.4, -0.2) is 39.1 Å². The van der Waals surface area contributed by atoms with E-state index in [0.29, 0.717) is 41.3 Å². The summed E-state index contributed by atoms with van der Waals surface area (Å²) in [6.45, 7) is 4.40. The van der Waals surface area contributed by atoms with E-state index < -0.39 is 0 Å². The second-order valence-corrected chi connectivity index (χ2v) is 8.62. The van der Waals surface area contributed by atoms with Gasteiger partial charge in [0, 0.05) is 24.4 Å². The van der Waals surface area contributed by atoms with Gasteiger partial charge in [-0.25, -0.2) is 4.68 Å². The van der Waals surface area contributed by atoms with Crippen molar-refractivity contribution in [1.82, 2.24) is 25.5 Å². The number of aryl methyl sites for hydroxylation is 1. The van der Waals surface area contributed by atoms with Crippen molar-refractivity contribution in [2.75, 3.05) is 18.9 Å². The number of aromatic nitrogens is 4. The van der Waals surface area contributed by atoms with Crippen LogP contribution in [0.4, 0.5) is 0 Å². The molecule has 0 saturated carbocycles. The maximum atomic E-state index is 6.52. The van der Waals surface area contributed by atoms with Crippen molar-refractivity contribution < 1.29 is 9.47 Å². The standard InChI is InChI=1S/C21H25Cl2N5O2S/c1-3-29-19-12-16(13-24-9-4-10-31-21-25-26-27-28(21)2)11-18(23)20(19)30-14-15-5-7-17(22)8-6-15/h5-8,11-12,24H,3-4,9-10,13-14H2,1-2H3. The van der Waals surface area contributed by atoms with Crippen molar-refractivity contribution in [3.8, 4) is 11.5 Å². The Morgan fingerprint density at radius 2 is 1.90 bits per heavy atom. The average molecular weight is 482 g/mol. The zero-order chi connectivity index (χ0) is 22.1. The topological polar surface area (TPSA) is 74.1 Å². The number of tetrazole rings is 1. The first-order chi connectivity index (χ1) is 15.1. The summed E-state index contributed by atoms with van der Waals surface area (Å²) in [5.41, 5.74) is 2.04. The first-order valence-electron chi connectivity index (χ1n) is 9.95. The third-order valence-electron chi connectivity index (χ3n) is 4.31. The second kappa shape index (κ2) is 12.1. The summed E-state index contributed by atoms with van der Waals surface area (Å²) >= 11 is 14.1. The van der Waals surface area contributed by atoms with Crippen LogP contribution in [0.3, 0.4) is 0 Å². The Bertz CT molecular complexity index is 969. The van der Waals surface area contributed by atoms with Crippen molar-refractivity contribution in [3.63, 3.8) is 0 Å². The van der Waals surface area contributed by atoms with Crippen LogP contribution in [-0.2, 0) is 20.2 Å². The van der Waals surface area contributed by atoms with Crippen molar-refractivity contribution in [3.05, 3.63) is 57.6 Å². The number of hydrogen-bond acceptors (Lipinski definition) is 7. The molecular formula is C21H25Cl2N5O2S. The van der Waals surface area contributed by atoms with Gasteiger partial charge < -0.3 is 14.8 Å². The Hall–Kier alpha value is -2.00. The summed E-state index contributed by atoms with van der Waals surface area (Å²) in [7, 11) is 1.84. The summed E-state index contributed by atoms with van der Waals surface area (Å²) in [4.78, 5) is 0. The van der Waals surface area contributed by atoms with Gasteiger partial charge in [-0.15, -0.1) is 5.10 Å². The van der Waals surface area contributed by atoms with Crippen LogP contribution in [0.15, 0.2) is 41.6 Å². The van der Waals surface area contributed by atoms with Crippen LogP contribution in [0, 0.1) is 0 Å². The van der Waals surface area contributed by atoms with Crippen LogP contribution < -0.4 is 14.8 Å². The van der Waals surface area contributed by atoms with E-state index in [1.54, 1.807) is 16.4 Å². The zero-order valence-electron chi connectivity index (χ0n) is 17.5. The average Bonchev–Trinajstić information content (AvgIpc) is 3.16. The number of hydrogen-bond donors (Lipinski definition) is 1. The van der Waals surface area contributed by atoms with Crippen molar-refractivity contribution in [2.45, 2.75) is 31.7 Å². The fourth-order valence-corrected chi connectivity index (χ4v) is 4.00. The van der Waals surface area contributed by atoms with Gasteiger partial charge >= 0.3 is 0 Å². The van der Waals surface area contributed by atoms with Crippen LogP contribution in [0.25, 0.3) is 0 Å². The van der Waals surface area contributed by atoms with Gasteiger partial charge in [-0.3, -0.25) is 0 Å². The molecule has 166 valence electrons. The van der Waals surface area contributed by atoms with E-state index in [1.807, 2.05) is 50.4 Å². The van der Waals surface area contributed by atoms with E-state index in [9.17, 15) is 0 Å². The number of benzene rings is 2. The van der Waals surface area contributed by atoms with Gasteiger partial charge in [0.05, 0.1) is 11.6 Å². The molecule has 0 aliphatic rings. The molecule has 0 atom stereocenters.